The molecule has 0 spiro atoms. The van der Waals surface area contributed by atoms with Gasteiger partial charge < -0.3 is 28.5 Å². The van der Waals surface area contributed by atoms with Crippen LogP contribution < -0.4 is 79.7 Å². The van der Waals surface area contributed by atoms with Gasteiger partial charge in [0.1, 0.15) is 27.0 Å². The first kappa shape index (κ1) is 30.1. The van der Waals surface area contributed by atoms with E-state index >= 15 is 0 Å². The van der Waals surface area contributed by atoms with Gasteiger partial charge in [0, 0.05) is 30.2 Å². The summed E-state index contributed by atoms with van der Waals surface area (Å²) in [4.78, 5) is 14.0. The Hall–Kier alpha value is -1.13. The number of para-hydroxylation sites is 1. The molecule has 1 unspecified atom stereocenters. The molecule has 0 bridgehead atoms. The van der Waals surface area contributed by atoms with Crippen LogP contribution in [-0.2, 0) is 25.3 Å². The smallest absolute Gasteiger partial charge is 0.744 e. The van der Waals surface area contributed by atoms with E-state index in [4.69, 9.17) is 9.15 Å². The number of hydrogen-bond acceptors (Lipinski definition) is 11. The van der Waals surface area contributed by atoms with Crippen LogP contribution in [0, 0.1) is 0 Å². The fourth-order valence-corrected chi connectivity index (χ4v) is 5.24. The summed E-state index contributed by atoms with van der Waals surface area (Å²) in [5.41, 5.74) is -1.53. The summed E-state index contributed by atoms with van der Waals surface area (Å²) in [5.74, 6) is -0.400. The number of ether oxygens (including phenoxy) is 1. The zero-order valence-electron chi connectivity index (χ0n) is 19.4. The first-order valence-corrected chi connectivity index (χ1v) is 12.6. The summed E-state index contributed by atoms with van der Waals surface area (Å²) >= 11 is 0. The minimum Gasteiger partial charge on any atom is -0.744 e. The van der Waals surface area contributed by atoms with E-state index in [0.717, 1.165) is 30.0 Å². The predicted molar refractivity (Wildman–Crippen MR) is 116 cm³/mol. The predicted octanol–water partition coefficient (Wildman–Crippen LogP) is -4.29. The molecule has 176 valence electrons. The number of hydrogen-bond donors (Lipinski definition) is 1. The Morgan fingerprint density at radius 3 is 2.23 bits per heavy atom. The van der Waals surface area contributed by atoms with Crippen molar-refractivity contribution in [2.45, 2.75) is 23.8 Å². The molecule has 2 aromatic carbocycles. The van der Waals surface area contributed by atoms with Gasteiger partial charge in [-0.2, -0.15) is 0 Å². The normalized spacial score (nSPS) is 16.9. The Morgan fingerprint density at radius 1 is 1.00 bits per heavy atom. The van der Waals surface area contributed by atoms with Crippen LogP contribution in [0.25, 0.3) is 11.0 Å². The third-order valence-electron chi connectivity index (χ3n) is 5.36. The van der Waals surface area contributed by atoms with Crippen molar-refractivity contribution in [3.05, 3.63) is 58.4 Å². The Labute approximate surface area is 245 Å². The Kier molecular flexibility index (Phi) is 9.20. The van der Waals surface area contributed by atoms with Crippen LogP contribution in [0.1, 0.15) is 19.4 Å². The maximum absolute atomic E-state index is 12.8. The Morgan fingerprint density at radius 2 is 1.66 bits per heavy atom. The fraction of sp³-hybridized carbons (Fsp3) is 0.250. The van der Waals surface area contributed by atoms with E-state index in [-0.39, 0.29) is 64.7 Å². The summed E-state index contributed by atoms with van der Waals surface area (Å²) in [6, 6.07) is 9.24. The molecule has 0 fully saturated rings. The number of fused-ring (bicyclic) bond motifs is 2. The molecule has 0 saturated heterocycles. The second-order valence-corrected chi connectivity index (χ2v) is 10.1. The first-order valence-electron chi connectivity index (χ1n) is 9.76. The van der Waals surface area contributed by atoms with Crippen molar-refractivity contribution in [3.8, 4) is 5.75 Å². The molecule has 2 heterocycles. The van der Waals surface area contributed by atoms with E-state index in [1.54, 1.807) is 18.2 Å². The van der Waals surface area contributed by atoms with Crippen molar-refractivity contribution >= 4 is 42.6 Å². The standard InChI is InChI=1S/C20H20N2O9S2.2Na/c1-3-22(4-2)13-9-8-12-10-14(19(23)30-16(12)11-13)20(33(27,28)29)21-18-15(31-20)6-5-7-17(18)32(24,25)26;;/h5-11,21H,3-4H2,1-2H3,(H,24,25,26)(H,27,28,29);;/q;2*+1/p-2. The third-order valence-corrected chi connectivity index (χ3v) is 7.34. The van der Waals surface area contributed by atoms with Gasteiger partial charge >= 0.3 is 69.8 Å². The summed E-state index contributed by atoms with van der Waals surface area (Å²) in [7, 11) is -10.6. The zero-order chi connectivity index (χ0) is 24.2. The second kappa shape index (κ2) is 10.7. The average molecular weight is 540 g/mol. The molecule has 0 radical (unpaired) electrons. The van der Waals surface area contributed by atoms with Gasteiger partial charge in [0.15, 0.2) is 10.1 Å². The molecule has 11 nitrogen and oxygen atoms in total. The maximum atomic E-state index is 12.8. The van der Waals surface area contributed by atoms with Crippen molar-refractivity contribution in [2.24, 2.45) is 0 Å². The largest absolute Gasteiger partial charge is 1.00 e. The monoisotopic (exact) mass is 540 g/mol. The van der Waals surface area contributed by atoms with Gasteiger partial charge in [-0.05, 0) is 44.2 Å². The van der Waals surface area contributed by atoms with Crippen LogP contribution in [0.2, 0.25) is 0 Å². The number of nitrogens with one attached hydrogen (secondary N) is 1. The van der Waals surface area contributed by atoms with Gasteiger partial charge in [-0.3, -0.25) is 0 Å². The molecule has 1 aliphatic rings. The van der Waals surface area contributed by atoms with Crippen molar-refractivity contribution < 1.29 is 94.2 Å². The molecular weight excluding hydrogens is 522 g/mol. The summed E-state index contributed by atoms with van der Waals surface area (Å²) in [5, 5.41) is -0.583. The maximum Gasteiger partial charge on any atom is 1.00 e. The molecule has 15 heteroatoms. The SMILES string of the molecule is CCN(CC)c1ccc2cc(C3(S(=O)(=O)[O-])Nc4c(cccc4S(=O)(=O)[O-])O3)c(=O)oc2c1.[Na+].[Na+]. The fourth-order valence-electron chi connectivity index (χ4n) is 3.76. The summed E-state index contributed by atoms with van der Waals surface area (Å²) in [6.07, 6.45) is 0. The zero-order valence-corrected chi connectivity index (χ0v) is 25.0. The number of rotatable bonds is 6. The van der Waals surface area contributed by atoms with Crippen molar-refractivity contribution in [2.75, 3.05) is 23.3 Å². The Balaban J connectivity index is 0.00000216. The molecule has 1 atom stereocenters. The van der Waals surface area contributed by atoms with E-state index in [2.05, 4.69) is 5.32 Å². The van der Waals surface area contributed by atoms with Crippen LogP contribution in [0.5, 0.6) is 5.75 Å². The number of anilines is 2. The Bertz CT molecular complexity index is 1540. The van der Waals surface area contributed by atoms with Crippen LogP contribution in [0.15, 0.2) is 56.6 Å². The second-order valence-electron chi connectivity index (χ2n) is 7.22. The summed E-state index contributed by atoms with van der Waals surface area (Å²) in [6.45, 7) is 5.30. The van der Waals surface area contributed by atoms with Crippen LogP contribution >= 0.6 is 0 Å². The molecule has 0 aliphatic carbocycles. The van der Waals surface area contributed by atoms with Crippen LogP contribution in [0.3, 0.4) is 0 Å². The van der Waals surface area contributed by atoms with Crippen molar-refractivity contribution in [3.63, 3.8) is 0 Å². The first-order chi connectivity index (χ1) is 15.4. The quantitative estimate of drug-likeness (QED) is 0.182. The number of nitrogens with zero attached hydrogens (tertiary/aromatic N) is 1. The topological polar surface area (TPSA) is 169 Å². The van der Waals surface area contributed by atoms with Gasteiger partial charge in [-0.25, -0.2) is 21.6 Å². The minimum absolute atomic E-state index is 0. The van der Waals surface area contributed by atoms with E-state index in [1.807, 2.05) is 18.7 Å². The molecule has 3 aromatic rings. The van der Waals surface area contributed by atoms with E-state index in [0.29, 0.717) is 18.5 Å². The molecule has 0 amide bonds. The van der Waals surface area contributed by atoms with E-state index < -0.39 is 52.8 Å². The van der Waals surface area contributed by atoms with E-state index in [1.165, 1.54) is 0 Å². The van der Waals surface area contributed by atoms with Crippen LogP contribution in [-0.4, -0.2) is 39.0 Å². The van der Waals surface area contributed by atoms with Crippen LogP contribution in [0.4, 0.5) is 11.4 Å². The van der Waals surface area contributed by atoms with Gasteiger partial charge in [-0.1, -0.05) is 6.07 Å². The number of benzene rings is 2. The summed E-state index contributed by atoms with van der Waals surface area (Å²) < 4.78 is 82.5. The van der Waals surface area contributed by atoms with E-state index in [9.17, 15) is 30.7 Å². The molecule has 1 N–H and O–H groups in total. The minimum atomic E-state index is -5.52. The average Bonchev–Trinajstić information content (AvgIpc) is 3.14. The third kappa shape index (κ3) is 5.30. The van der Waals surface area contributed by atoms with Crippen molar-refractivity contribution in [1.82, 2.24) is 0 Å². The molecular formula is C20H18N2Na2O9S2. The van der Waals surface area contributed by atoms with Gasteiger partial charge in [0.25, 0.3) is 0 Å². The van der Waals surface area contributed by atoms with Crippen molar-refractivity contribution in [1.29, 1.82) is 0 Å². The molecule has 35 heavy (non-hydrogen) atoms. The molecule has 1 aliphatic heterocycles. The van der Waals surface area contributed by atoms with Gasteiger partial charge in [-0.15, -0.1) is 0 Å². The van der Waals surface area contributed by atoms with Gasteiger partial charge in [0.05, 0.1) is 10.6 Å². The molecule has 1 aromatic heterocycles. The molecule has 4 rings (SSSR count). The molecule has 0 saturated carbocycles. The van der Waals surface area contributed by atoms with Gasteiger partial charge in [0.2, 0.25) is 0 Å².